The summed E-state index contributed by atoms with van der Waals surface area (Å²) in [7, 11) is -3.50. The van der Waals surface area contributed by atoms with Crippen molar-refractivity contribution in [1.82, 2.24) is 14.5 Å². The molecule has 0 aliphatic carbocycles. The number of rotatable bonds is 10. The van der Waals surface area contributed by atoms with E-state index in [0.717, 1.165) is 6.07 Å². The first-order chi connectivity index (χ1) is 18.7. The first-order valence-electron chi connectivity index (χ1n) is 12.6. The van der Waals surface area contributed by atoms with Gasteiger partial charge in [-0.15, -0.1) is 0 Å². The van der Waals surface area contributed by atoms with Crippen molar-refractivity contribution in [2.75, 3.05) is 18.1 Å². The van der Waals surface area contributed by atoms with Crippen LogP contribution in [0.5, 0.6) is 0 Å². The molecule has 1 heterocycles. The normalized spacial score (nSPS) is 12.5. The summed E-state index contributed by atoms with van der Waals surface area (Å²) >= 11 is 0. The molecule has 41 heavy (non-hydrogen) atoms. The Bertz CT molecular complexity index is 1510. The van der Waals surface area contributed by atoms with Crippen LogP contribution in [0.25, 0.3) is 5.69 Å². The smallest absolute Gasteiger partial charge is 0.331 e. The Labute approximate surface area is 238 Å². The van der Waals surface area contributed by atoms with Crippen LogP contribution in [0.15, 0.2) is 48.7 Å². The summed E-state index contributed by atoms with van der Waals surface area (Å²) in [5.41, 5.74) is 0.258. The Morgan fingerprint density at radius 3 is 2.29 bits per heavy atom. The second kappa shape index (κ2) is 13.3. The molecule has 0 N–H and O–H groups in total. The average Bonchev–Trinajstić information content (AvgIpc) is 3.35. The van der Waals surface area contributed by atoms with Gasteiger partial charge in [0.05, 0.1) is 41.1 Å². The highest BCUT2D eigenvalue weighted by atomic mass is 32.2. The predicted octanol–water partition coefficient (Wildman–Crippen LogP) is 6.23. The van der Waals surface area contributed by atoms with Gasteiger partial charge in [-0.3, -0.25) is 4.79 Å². The molecule has 0 unspecified atom stereocenters. The van der Waals surface area contributed by atoms with Crippen molar-refractivity contribution < 1.29 is 30.8 Å². The Morgan fingerprint density at radius 2 is 1.76 bits per heavy atom. The molecule has 1 atom stereocenters. The minimum Gasteiger partial charge on any atom is -0.331 e. The first kappa shape index (κ1) is 33.5. The monoisotopic (exact) mass is 594 g/mol. The number of halogens is 4. The van der Waals surface area contributed by atoms with Crippen molar-refractivity contribution in [3.05, 3.63) is 82.7 Å². The van der Waals surface area contributed by atoms with Crippen LogP contribution in [0.3, 0.4) is 0 Å². The van der Waals surface area contributed by atoms with E-state index in [1.165, 1.54) is 11.8 Å². The molecule has 1 aromatic heterocycles. The van der Waals surface area contributed by atoms with Crippen molar-refractivity contribution in [3.63, 3.8) is 0 Å². The van der Waals surface area contributed by atoms with Crippen LogP contribution in [0.1, 0.15) is 75.3 Å². The van der Waals surface area contributed by atoms with Gasteiger partial charge in [-0.2, -0.15) is 18.4 Å². The molecule has 1 amide bonds. The minimum atomic E-state index is -4.94. The number of alkyl halides is 3. The van der Waals surface area contributed by atoms with Gasteiger partial charge in [0.2, 0.25) is 5.91 Å². The highest BCUT2D eigenvalue weighted by Crippen LogP contribution is 2.32. The number of carbonyl (C=O) groups excluding carboxylic acids is 1. The van der Waals surface area contributed by atoms with Crippen molar-refractivity contribution in [2.24, 2.45) is 0 Å². The molecule has 0 saturated carbocycles. The summed E-state index contributed by atoms with van der Waals surface area (Å²) in [4.78, 5) is 19.5. The standard InChI is InChI=1S/C28H30F4N4O3S.CH4/c1-5-40(38,39)13-12-35(26(37)15-21-8-11-24(29)23(14-21)28(30,31)32)19(4)27-34-25(18(2)3)17-36(27)22-9-6-20(16-33)7-10-22;/h6-11,14,17-19H,5,12-13,15H2,1-4H3;1H4/t19-;/m1./s1. The molecule has 0 aliphatic heterocycles. The van der Waals surface area contributed by atoms with Crippen LogP contribution in [0.4, 0.5) is 17.6 Å². The van der Waals surface area contributed by atoms with Crippen LogP contribution >= 0.6 is 0 Å². The molecule has 0 aliphatic rings. The number of hydrogen-bond donors (Lipinski definition) is 0. The highest BCUT2D eigenvalue weighted by Gasteiger charge is 2.35. The number of imidazole rings is 1. The largest absolute Gasteiger partial charge is 0.419 e. The molecule has 0 spiro atoms. The van der Waals surface area contributed by atoms with Crippen molar-refractivity contribution in [2.45, 2.75) is 59.7 Å². The summed E-state index contributed by atoms with van der Waals surface area (Å²) < 4.78 is 80.0. The maximum Gasteiger partial charge on any atom is 0.419 e. The van der Waals surface area contributed by atoms with E-state index >= 15 is 0 Å². The second-order valence-electron chi connectivity index (χ2n) is 9.70. The van der Waals surface area contributed by atoms with Crippen LogP contribution in [-0.2, 0) is 27.2 Å². The fourth-order valence-corrected chi connectivity index (χ4v) is 4.88. The van der Waals surface area contributed by atoms with E-state index in [1.807, 2.05) is 19.9 Å². The van der Waals surface area contributed by atoms with E-state index in [0.29, 0.717) is 34.9 Å². The fourth-order valence-electron chi connectivity index (χ4n) is 4.12. The van der Waals surface area contributed by atoms with Gasteiger partial charge in [-0.25, -0.2) is 17.8 Å². The lowest BCUT2D eigenvalue weighted by Crippen LogP contribution is -2.39. The lowest BCUT2D eigenvalue weighted by Gasteiger charge is -2.29. The zero-order valence-corrected chi connectivity index (χ0v) is 23.4. The molecule has 0 saturated heterocycles. The molecule has 2 aromatic carbocycles. The Morgan fingerprint density at radius 1 is 1.12 bits per heavy atom. The molecule has 0 fully saturated rings. The summed E-state index contributed by atoms with van der Waals surface area (Å²) in [5, 5.41) is 9.15. The van der Waals surface area contributed by atoms with E-state index in [-0.39, 0.29) is 37.0 Å². The van der Waals surface area contributed by atoms with Gasteiger partial charge >= 0.3 is 6.18 Å². The number of sulfone groups is 1. The van der Waals surface area contributed by atoms with Gasteiger partial charge in [-0.05, 0) is 54.8 Å². The molecule has 0 radical (unpaired) electrons. The van der Waals surface area contributed by atoms with Gasteiger partial charge in [0.25, 0.3) is 0 Å². The van der Waals surface area contributed by atoms with E-state index in [4.69, 9.17) is 10.2 Å². The van der Waals surface area contributed by atoms with Crippen LogP contribution < -0.4 is 0 Å². The Hall–Kier alpha value is -3.72. The third kappa shape index (κ3) is 8.16. The van der Waals surface area contributed by atoms with E-state index in [2.05, 4.69) is 0 Å². The Balaban J connectivity index is 0.00000588. The lowest BCUT2D eigenvalue weighted by molar-refractivity contribution is -0.140. The number of amides is 1. The average molecular weight is 595 g/mol. The molecular weight excluding hydrogens is 560 g/mol. The van der Waals surface area contributed by atoms with E-state index < -0.39 is 45.8 Å². The minimum absolute atomic E-state index is 0. The molecule has 222 valence electrons. The van der Waals surface area contributed by atoms with Crippen molar-refractivity contribution in [1.29, 1.82) is 5.26 Å². The zero-order chi connectivity index (χ0) is 29.8. The van der Waals surface area contributed by atoms with Crippen molar-refractivity contribution in [3.8, 4) is 11.8 Å². The van der Waals surface area contributed by atoms with Crippen molar-refractivity contribution >= 4 is 15.7 Å². The third-order valence-corrected chi connectivity index (χ3v) is 8.24. The molecule has 12 heteroatoms. The topological polar surface area (TPSA) is 96.1 Å². The summed E-state index contributed by atoms with van der Waals surface area (Å²) in [6, 6.07) is 10.3. The number of nitrogens with zero attached hydrogens (tertiary/aromatic N) is 4. The van der Waals surface area contributed by atoms with Gasteiger partial charge in [0.1, 0.15) is 11.6 Å². The Kier molecular flexibility index (Phi) is 10.9. The highest BCUT2D eigenvalue weighted by molar-refractivity contribution is 7.91. The molecule has 3 aromatic rings. The SMILES string of the molecule is C.CCS(=O)(=O)CCN(C(=O)Cc1ccc(F)c(C(F)(F)F)c1)[C@H](C)c1nc(C(C)C)cn1-c1ccc(C#N)cc1. The fraction of sp³-hybridized carbons (Fsp3) is 0.414. The zero-order valence-electron chi connectivity index (χ0n) is 22.5. The van der Waals surface area contributed by atoms with Gasteiger partial charge < -0.3 is 9.47 Å². The molecule has 0 bridgehead atoms. The number of benzene rings is 2. The molecule has 7 nitrogen and oxygen atoms in total. The first-order valence-corrected chi connectivity index (χ1v) is 14.4. The summed E-state index contributed by atoms with van der Waals surface area (Å²) in [6.07, 6.45) is -3.65. The number of carbonyl (C=O) groups is 1. The predicted molar refractivity (Wildman–Crippen MR) is 149 cm³/mol. The van der Waals surface area contributed by atoms with Gasteiger partial charge in [0, 0.05) is 24.2 Å². The van der Waals surface area contributed by atoms with Crippen LogP contribution in [-0.4, -0.2) is 46.8 Å². The van der Waals surface area contributed by atoms with Crippen LogP contribution in [0, 0.1) is 17.1 Å². The molecular formula is C29H34F4N4O3S. The maximum atomic E-state index is 13.8. The third-order valence-electron chi connectivity index (χ3n) is 6.55. The van der Waals surface area contributed by atoms with Gasteiger partial charge in [0.15, 0.2) is 9.84 Å². The number of hydrogen-bond acceptors (Lipinski definition) is 5. The quantitative estimate of drug-likeness (QED) is 0.260. The molecule has 3 rings (SSSR count). The van der Waals surface area contributed by atoms with Gasteiger partial charge in [-0.1, -0.05) is 34.3 Å². The summed E-state index contributed by atoms with van der Waals surface area (Å²) in [6.45, 7) is 6.79. The van der Waals surface area contributed by atoms with E-state index in [9.17, 15) is 30.8 Å². The summed E-state index contributed by atoms with van der Waals surface area (Å²) in [5.74, 6) is -2.17. The lowest BCUT2D eigenvalue weighted by atomic mass is 10.1. The maximum absolute atomic E-state index is 13.8. The van der Waals surface area contributed by atoms with Crippen LogP contribution in [0.2, 0.25) is 0 Å². The number of aromatic nitrogens is 2. The number of nitriles is 1. The second-order valence-corrected chi connectivity index (χ2v) is 12.2. The van der Waals surface area contributed by atoms with E-state index in [1.54, 1.807) is 42.0 Å².